The van der Waals surface area contributed by atoms with Crippen molar-refractivity contribution in [2.45, 2.75) is 60.4 Å². The number of aryl methyl sites for hydroxylation is 1. The van der Waals surface area contributed by atoms with Crippen LogP contribution >= 0.6 is 0 Å². The molecule has 160 valence electrons. The van der Waals surface area contributed by atoms with Crippen LogP contribution in [0.1, 0.15) is 64.3 Å². The van der Waals surface area contributed by atoms with E-state index in [0.717, 1.165) is 29.7 Å². The Morgan fingerprint density at radius 1 is 1.13 bits per heavy atom. The maximum absolute atomic E-state index is 6.67. The van der Waals surface area contributed by atoms with Gasteiger partial charge in [-0.2, -0.15) is 0 Å². The topological polar surface area (TPSA) is 63.8 Å². The lowest BCUT2D eigenvalue weighted by Crippen LogP contribution is -2.19. The van der Waals surface area contributed by atoms with Crippen LogP contribution in [0.25, 0.3) is 11.3 Å². The molecule has 1 aromatic heterocycles. The van der Waals surface area contributed by atoms with Gasteiger partial charge in [-0.25, -0.2) is 9.97 Å². The summed E-state index contributed by atoms with van der Waals surface area (Å²) in [5, 5.41) is 3.43. The van der Waals surface area contributed by atoms with Crippen molar-refractivity contribution < 1.29 is 0 Å². The van der Waals surface area contributed by atoms with Crippen molar-refractivity contribution in [2.75, 3.05) is 5.32 Å². The lowest BCUT2D eigenvalue weighted by Gasteiger charge is -2.17. The summed E-state index contributed by atoms with van der Waals surface area (Å²) < 4.78 is 0. The first-order valence-corrected chi connectivity index (χ1v) is 10.8. The maximum Gasteiger partial charge on any atom is 0.223 e. The molecule has 0 saturated heterocycles. The third kappa shape index (κ3) is 6.87. The molecule has 0 bridgehead atoms. The van der Waals surface area contributed by atoms with E-state index < -0.39 is 0 Å². The van der Waals surface area contributed by atoms with E-state index in [4.69, 9.17) is 10.7 Å². The first kappa shape index (κ1) is 23.4. The highest BCUT2D eigenvalue weighted by molar-refractivity contribution is 5.93. The van der Waals surface area contributed by atoms with Crippen LogP contribution < -0.4 is 11.1 Å². The van der Waals surface area contributed by atoms with Crippen LogP contribution in [0.3, 0.4) is 0 Å². The minimum atomic E-state index is 0.298. The van der Waals surface area contributed by atoms with Crippen LogP contribution in [0, 0.1) is 12.8 Å². The smallest absolute Gasteiger partial charge is 0.223 e. The number of nitrogens with two attached hydrogens (primary N) is 1. The van der Waals surface area contributed by atoms with Gasteiger partial charge in [0.15, 0.2) is 0 Å². The Balaban J connectivity index is 2.53. The predicted molar refractivity (Wildman–Crippen MR) is 130 cm³/mol. The number of nitrogens with zero attached hydrogens (tertiary/aromatic N) is 2. The van der Waals surface area contributed by atoms with E-state index >= 15 is 0 Å². The number of anilines is 1. The molecule has 0 radical (unpaired) electrons. The van der Waals surface area contributed by atoms with Crippen molar-refractivity contribution in [3.63, 3.8) is 0 Å². The van der Waals surface area contributed by atoms with Gasteiger partial charge in [0.2, 0.25) is 5.95 Å². The van der Waals surface area contributed by atoms with E-state index in [1.54, 1.807) is 6.20 Å². The predicted octanol–water partition coefficient (Wildman–Crippen LogP) is 6.37. The van der Waals surface area contributed by atoms with E-state index in [-0.39, 0.29) is 0 Å². The average molecular weight is 405 g/mol. The summed E-state index contributed by atoms with van der Waals surface area (Å²) in [5.74, 6) is 1.24. The molecule has 1 aromatic carbocycles. The Morgan fingerprint density at radius 2 is 1.83 bits per heavy atom. The van der Waals surface area contributed by atoms with Crippen LogP contribution in [-0.4, -0.2) is 16.0 Å². The molecule has 0 aliphatic rings. The maximum atomic E-state index is 6.67. The summed E-state index contributed by atoms with van der Waals surface area (Å²) in [6.07, 6.45) is 10.1. The van der Waals surface area contributed by atoms with Crippen molar-refractivity contribution in [3.8, 4) is 0 Å². The van der Waals surface area contributed by atoms with E-state index in [0.29, 0.717) is 23.6 Å². The van der Waals surface area contributed by atoms with Crippen molar-refractivity contribution in [1.82, 2.24) is 9.97 Å². The molecule has 2 rings (SSSR count). The largest absolute Gasteiger partial charge is 0.398 e. The molecule has 0 fully saturated rings. The molecule has 4 heteroatoms. The second kappa shape index (κ2) is 11.3. The van der Waals surface area contributed by atoms with Crippen LogP contribution in [0.2, 0.25) is 0 Å². The normalized spacial score (nSPS) is 14.2. The summed E-state index contributed by atoms with van der Waals surface area (Å²) >= 11 is 0. The van der Waals surface area contributed by atoms with Gasteiger partial charge < -0.3 is 11.1 Å². The number of nitrogens with one attached hydrogen (secondary N) is 1. The number of aromatic nitrogens is 2. The monoisotopic (exact) mass is 404 g/mol. The summed E-state index contributed by atoms with van der Waals surface area (Å²) in [6, 6.07) is 10.5. The fourth-order valence-electron chi connectivity index (χ4n) is 3.41. The van der Waals surface area contributed by atoms with Gasteiger partial charge in [0.25, 0.3) is 0 Å². The van der Waals surface area contributed by atoms with Crippen LogP contribution in [-0.2, 0) is 0 Å². The molecule has 1 heterocycles. The van der Waals surface area contributed by atoms with Crippen molar-refractivity contribution in [2.24, 2.45) is 11.7 Å². The highest BCUT2D eigenvalue weighted by Gasteiger charge is 2.12. The first-order chi connectivity index (χ1) is 14.3. The third-order valence-corrected chi connectivity index (χ3v) is 4.90. The molecular weight excluding hydrogens is 368 g/mol. The number of benzene rings is 1. The van der Waals surface area contributed by atoms with E-state index in [1.165, 1.54) is 11.1 Å². The highest BCUT2D eigenvalue weighted by Crippen LogP contribution is 2.26. The van der Waals surface area contributed by atoms with Crippen molar-refractivity contribution in [1.29, 1.82) is 0 Å². The standard InChI is InChI=1S/C26H36N4/c1-7-9-21(8-2)17-23(25(27)22-12-10-19(5)11-13-22)24-14-15-28-26(30-24)29-20(6)16-18(3)4/h7,9-15,17-18,20H,8,16,27H2,1-6H3,(H,28,29,30)/b9-7-,21-17-,25-23+. The Hall–Kier alpha value is -2.88. The van der Waals surface area contributed by atoms with Crippen LogP contribution in [0.15, 0.2) is 60.3 Å². The second-order valence-corrected chi connectivity index (χ2v) is 8.21. The Kier molecular flexibility index (Phi) is 8.85. The summed E-state index contributed by atoms with van der Waals surface area (Å²) in [4.78, 5) is 9.23. The number of rotatable bonds is 9. The minimum Gasteiger partial charge on any atom is -0.398 e. The summed E-state index contributed by atoms with van der Waals surface area (Å²) in [6.45, 7) is 12.8. The summed E-state index contributed by atoms with van der Waals surface area (Å²) in [7, 11) is 0. The molecule has 0 amide bonds. The lowest BCUT2D eigenvalue weighted by molar-refractivity contribution is 0.537. The molecular formula is C26H36N4. The van der Waals surface area contributed by atoms with Crippen LogP contribution in [0.4, 0.5) is 5.95 Å². The highest BCUT2D eigenvalue weighted by atomic mass is 15.1. The van der Waals surface area contributed by atoms with Gasteiger partial charge in [0.05, 0.1) is 5.69 Å². The Bertz CT molecular complexity index is 905. The number of hydrogen-bond donors (Lipinski definition) is 2. The molecule has 0 aliphatic heterocycles. The Labute approximate surface area is 182 Å². The molecule has 4 nitrogen and oxygen atoms in total. The van der Waals surface area contributed by atoms with Gasteiger partial charge in [0.1, 0.15) is 0 Å². The fourth-order valence-corrected chi connectivity index (χ4v) is 3.41. The van der Waals surface area contributed by atoms with Gasteiger partial charge in [-0.15, -0.1) is 0 Å². The zero-order valence-corrected chi connectivity index (χ0v) is 19.2. The minimum absolute atomic E-state index is 0.298. The number of allylic oxidation sites excluding steroid dienone is 5. The molecule has 0 aliphatic carbocycles. The molecule has 30 heavy (non-hydrogen) atoms. The zero-order valence-electron chi connectivity index (χ0n) is 19.2. The zero-order chi connectivity index (χ0) is 22.1. The van der Waals surface area contributed by atoms with E-state index in [1.807, 2.05) is 13.0 Å². The van der Waals surface area contributed by atoms with Gasteiger partial charge in [-0.1, -0.05) is 62.8 Å². The summed E-state index contributed by atoms with van der Waals surface area (Å²) in [5.41, 5.74) is 12.5. The van der Waals surface area contributed by atoms with Gasteiger partial charge >= 0.3 is 0 Å². The third-order valence-electron chi connectivity index (χ3n) is 4.90. The van der Waals surface area contributed by atoms with Crippen molar-refractivity contribution >= 4 is 17.2 Å². The molecule has 1 atom stereocenters. The van der Waals surface area contributed by atoms with E-state index in [2.05, 4.69) is 87.4 Å². The van der Waals surface area contributed by atoms with Gasteiger partial charge in [-0.05, 0) is 62.8 Å². The Morgan fingerprint density at radius 3 is 2.43 bits per heavy atom. The first-order valence-electron chi connectivity index (χ1n) is 10.8. The molecule has 0 spiro atoms. The van der Waals surface area contributed by atoms with Gasteiger partial charge in [-0.3, -0.25) is 0 Å². The molecule has 2 aromatic rings. The SMILES string of the molecule is C\C=C/C(=C\C(=C(/N)c1ccc(C)cc1)c1ccnc(NC(C)CC(C)C)n1)CC. The molecule has 3 N–H and O–H groups in total. The molecule has 0 saturated carbocycles. The fraction of sp³-hybridized carbons (Fsp3) is 0.385. The van der Waals surface area contributed by atoms with Crippen LogP contribution in [0.5, 0.6) is 0 Å². The lowest BCUT2D eigenvalue weighted by atomic mass is 9.99. The van der Waals surface area contributed by atoms with Crippen molar-refractivity contribution in [3.05, 3.63) is 77.2 Å². The number of hydrogen-bond acceptors (Lipinski definition) is 4. The van der Waals surface area contributed by atoms with Gasteiger partial charge in [0, 0.05) is 23.5 Å². The van der Waals surface area contributed by atoms with E-state index in [9.17, 15) is 0 Å². The second-order valence-electron chi connectivity index (χ2n) is 8.21. The average Bonchev–Trinajstić information content (AvgIpc) is 2.70. The quantitative estimate of drug-likeness (QED) is 0.477. The molecule has 1 unspecified atom stereocenters.